The van der Waals surface area contributed by atoms with E-state index in [0.717, 1.165) is 56.0 Å². The van der Waals surface area contributed by atoms with Crippen LogP contribution in [-0.2, 0) is 6.18 Å². The number of carbonyl (C=O) groups is 2. The van der Waals surface area contributed by atoms with Crippen molar-refractivity contribution in [2.24, 2.45) is 0 Å². The van der Waals surface area contributed by atoms with Crippen molar-refractivity contribution in [2.75, 3.05) is 0 Å². The summed E-state index contributed by atoms with van der Waals surface area (Å²) in [4.78, 5) is 26.1. The van der Waals surface area contributed by atoms with E-state index in [9.17, 15) is 22.8 Å². The molecule has 1 heterocycles. The van der Waals surface area contributed by atoms with Gasteiger partial charge in [0.05, 0.1) is 16.9 Å². The van der Waals surface area contributed by atoms with Crippen LogP contribution in [0.15, 0.2) is 24.3 Å². The van der Waals surface area contributed by atoms with Gasteiger partial charge in [0.1, 0.15) is 0 Å². The summed E-state index contributed by atoms with van der Waals surface area (Å²) in [6.45, 7) is 1.75. The van der Waals surface area contributed by atoms with Crippen molar-refractivity contribution in [3.05, 3.63) is 35.4 Å². The van der Waals surface area contributed by atoms with Crippen LogP contribution < -0.4 is 5.32 Å². The highest BCUT2D eigenvalue weighted by atomic mass is 32.2. The molecule has 0 radical (unpaired) electrons. The number of nitrogens with zero attached hydrogens (tertiary/aromatic N) is 1. The number of urea groups is 1. The molecule has 0 bridgehead atoms. The Bertz CT molecular complexity index is 672. The van der Waals surface area contributed by atoms with Gasteiger partial charge < -0.3 is 5.32 Å². The average molecular weight is 386 g/mol. The number of amides is 3. The van der Waals surface area contributed by atoms with Crippen LogP contribution in [0.2, 0.25) is 0 Å². The molecule has 1 aromatic rings. The second-order valence-corrected chi connectivity index (χ2v) is 7.91. The molecule has 1 aliphatic carbocycles. The van der Waals surface area contributed by atoms with E-state index < -0.39 is 23.8 Å². The molecule has 1 saturated heterocycles. The number of carbonyl (C=O) groups excluding carboxylic acids is 2. The van der Waals surface area contributed by atoms with Crippen LogP contribution in [0.3, 0.4) is 0 Å². The molecule has 0 unspecified atom stereocenters. The Labute approximate surface area is 154 Å². The van der Waals surface area contributed by atoms with Gasteiger partial charge in [0.15, 0.2) is 0 Å². The van der Waals surface area contributed by atoms with Crippen molar-refractivity contribution in [3.63, 3.8) is 0 Å². The molecule has 0 spiro atoms. The molecule has 1 N–H and O–H groups in total. The SMILES string of the molecule is C[C@@H]1[C@@H](c2ccc(C(F)(F)F)cc2)SC(=O)N1C(=O)NC1CCCCC1. The minimum atomic E-state index is -4.39. The van der Waals surface area contributed by atoms with Gasteiger partial charge in [-0.1, -0.05) is 43.2 Å². The Kier molecular flexibility index (Phi) is 5.50. The number of hydrogen-bond acceptors (Lipinski definition) is 3. The summed E-state index contributed by atoms with van der Waals surface area (Å²) in [5, 5.41) is 2.19. The molecule has 1 saturated carbocycles. The van der Waals surface area contributed by atoms with Crippen LogP contribution in [-0.4, -0.2) is 28.3 Å². The quantitative estimate of drug-likeness (QED) is 0.746. The van der Waals surface area contributed by atoms with Gasteiger partial charge in [-0.2, -0.15) is 13.2 Å². The first kappa shape index (κ1) is 19.1. The van der Waals surface area contributed by atoms with E-state index in [1.165, 1.54) is 17.0 Å². The number of imide groups is 1. The van der Waals surface area contributed by atoms with Crippen LogP contribution in [0.4, 0.5) is 22.8 Å². The molecular weight excluding hydrogens is 365 g/mol. The molecule has 2 aliphatic rings. The summed E-state index contributed by atoms with van der Waals surface area (Å²) in [5.41, 5.74) is -0.119. The van der Waals surface area contributed by atoms with Gasteiger partial charge in [0.2, 0.25) is 0 Å². The Morgan fingerprint density at radius 3 is 2.35 bits per heavy atom. The molecular formula is C18H21F3N2O2S. The van der Waals surface area contributed by atoms with Crippen molar-refractivity contribution in [2.45, 2.75) is 62.5 Å². The highest BCUT2D eigenvalue weighted by Gasteiger charge is 2.43. The average Bonchev–Trinajstić information content (AvgIpc) is 2.89. The topological polar surface area (TPSA) is 49.4 Å². The first-order chi connectivity index (χ1) is 12.3. The summed E-state index contributed by atoms with van der Waals surface area (Å²) >= 11 is 0.983. The standard InChI is InChI=1S/C18H21F3N2O2S/c1-11-15(12-7-9-13(10-8-12)18(19,20)21)26-17(25)23(11)16(24)22-14-5-3-2-4-6-14/h7-11,14-15H,2-6H2,1H3,(H,22,24)/t11-,15+/m1/s1. The zero-order chi connectivity index (χ0) is 18.9. The van der Waals surface area contributed by atoms with E-state index in [1.54, 1.807) is 6.92 Å². The predicted molar refractivity (Wildman–Crippen MR) is 93.9 cm³/mol. The molecule has 8 heteroatoms. The first-order valence-electron chi connectivity index (χ1n) is 8.75. The summed E-state index contributed by atoms with van der Waals surface area (Å²) in [6, 6.07) is 4.05. The molecule has 26 heavy (non-hydrogen) atoms. The number of benzene rings is 1. The van der Waals surface area contributed by atoms with Crippen LogP contribution in [0, 0.1) is 0 Å². The lowest BCUT2D eigenvalue weighted by molar-refractivity contribution is -0.137. The summed E-state index contributed by atoms with van der Waals surface area (Å²) < 4.78 is 38.1. The van der Waals surface area contributed by atoms with Crippen molar-refractivity contribution < 1.29 is 22.8 Å². The first-order valence-corrected chi connectivity index (χ1v) is 9.63. The van der Waals surface area contributed by atoms with Crippen LogP contribution >= 0.6 is 11.8 Å². The summed E-state index contributed by atoms with van der Waals surface area (Å²) in [5.74, 6) is 0. The minimum Gasteiger partial charge on any atom is -0.335 e. The zero-order valence-electron chi connectivity index (χ0n) is 14.4. The fourth-order valence-electron chi connectivity index (χ4n) is 3.53. The van der Waals surface area contributed by atoms with E-state index in [-0.39, 0.29) is 16.5 Å². The monoisotopic (exact) mass is 386 g/mol. The maximum absolute atomic E-state index is 12.7. The van der Waals surface area contributed by atoms with E-state index in [2.05, 4.69) is 5.32 Å². The summed E-state index contributed by atoms with van der Waals surface area (Å²) in [7, 11) is 0. The zero-order valence-corrected chi connectivity index (χ0v) is 15.2. The van der Waals surface area contributed by atoms with Gasteiger partial charge in [-0.15, -0.1) is 0 Å². The number of hydrogen-bond donors (Lipinski definition) is 1. The Balaban J connectivity index is 1.69. The van der Waals surface area contributed by atoms with Crippen LogP contribution in [0.5, 0.6) is 0 Å². The second kappa shape index (κ2) is 7.50. The molecule has 142 valence electrons. The number of thioether (sulfide) groups is 1. The summed E-state index contributed by atoms with van der Waals surface area (Å²) in [6.07, 6.45) is 0.732. The van der Waals surface area contributed by atoms with Crippen molar-refractivity contribution in [3.8, 4) is 0 Å². The maximum atomic E-state index is 12.7. The third kappa shape index (κ3) is 4.00. The lowest BCUT2D eigenvalue weighted by Crippen LogP contribution is -2.48. The van der Waals surface area contributed by atoms with Gasteiger partial charge in [0, 0.05) is 6.04 Å². The number of rotatable bonds is 2. The molecule has 3 amide bonds. The van der Waals surface area contributed by atoms with Gasteiger partial charge in [-0.3, -0.25) is 9.69 Å². The lowest BCUT2D eigenvalue weighted by atomic mass is 9.96. The molecule has 2 atom stereocenters. The predicted octanol–water partition coefficient (Wildman–Crippen LogP) is 5.35. The maximum Gasteiger partial charge on any atom is 0.416 e. The fraction of sp³-hybridized carbons (Fsp3) is 0.556. The molecule has 1 aliphatic heterocycles. The van der Waals surface area contributed by atoms with Gasteiger partial charge in [0.25, 0.3) is 5.24 Å². The smallest absolute Gasteiger partial charge is 0.335 e. The molecule has 4 nitrogen and oxygen atoms in total. The van der Waals surface area contributed by atoms with E-state index in [0.29, 0.717) is 5.56 Å². The minimum absolute atomic E-state index is 0.0892. The van der Waals surface area contributed by atoms with Gasteiger partial charge >= 0.3 is 12.2 Å². The lowest BCUT2D eigenvalue weighted by Gasteiger charge is -2.27. The third-order valence-electron chi connectivity index (χ3n) is 4.99. The molecule has 3 rings (SSSR count). The van der Waals surface area contributed by atoms with Crippen molar-refractivity contribution >= 4 is 23.0 Å². The van der Waals surface area contributed by atoms with Crippen molar-refractivity contribution in [1.82, 2.24) is 10.2 Å². The highest BCUT2D eigenvalue weighted by molar-refractivity contribution is 8.14. The van der Waals surface area contributed by atoms with Gasteiger partial charge in [-0.05, 0) is 37.5 Å². The fourth-order valence-corrected chi connectivity index (χ4v) is 4.72. The van der Waals surface area contributed by atoms with E-state index in [1.807, 2.05) is 0 Å². The Hall–Kier alpha value is -1.70. The van der Waals surface area contributed by atoms with E-state index >= 15 is 0 Å². The largest absolute Gasteiger partial charge is 0.416 e. The van der Waals surface area contributed by atoms with Gasteiger partial charge in [-0.25, -0.2) is 4.79 Å². The van der Waals surface area contributed by atoms with E-state index in [4.69, 9.17) is 0 Å². The highest BCUT2D eigenvalue weighted by Crippen LogP contribution is 2.43. The number of halogens is 3. The number of nitrogens with one attached hydrogen (secondary N) is 1. The Morgan fingerprint density at radius 2 is 1.77 bits per heavy atom. The normalized spacial score (nSPS) is 24.8. The molecule has 1 aromatic carbocycles. The molecule has 2 fully saturated rings. The third-order valence-corrected chi connectivity index (χ3v) is 6.31. The van der Waals surface area contributed by atoms with Crippen LogP contribution in [0.1, 0.15) is 55.4 Å². The van der Waals surface area contributed by atoms with Crippen molar-refractivity contribution in [1.29, 1.82) is 0 Å². The molecule has 0 aromatic heterocycles. The van der Waals surface area contributed by atoms with Crippen LogP contribution in [0.25, 0.3) is 0 Å². The Morgan fingerprint density at radius 1 is 1.15 bits per heavy atom. The second-order valence-electron chi connectivity index (χ2n) is 6.82. The number of alkyl halides is 3.